The van der Waals surface area contributed by atoms with Gasteiger partial charge >= 0.3 is 0 Å². The fraction of sp³-hybridized carbons (Fsp3) is 0.200. The van der Waals surface area contributed by atoms with Crippen molar-refractivity contribution in [1.29, 1.82) is 0 Å². The van der Waals surface area contributed by atoms with Gasteiger partial charge in [0.05, 0.1) is 11.4 Å². The molecule has 0 fully saturated rings. The number of hydrogen-bond donors (Lipinski definition) is 2. The average molecular weight is 308 g/mol. The van der Waals surface area contributed by atoms with E-state index < -0.39 is 10.0 Å². The van der Waals surface area contributed by atoms with Crippen LogP contribution in [-0.4, -0.2) is 14.2 Å². The summed E-state index contributed by atoms with van der Waals surface area (Å²) < 4.78 is 39.3. The van der Waals surface area contributed by atoms with Gasteiger partial charge in [0, 0.05) is 11.4 Å². The molecule has 0 spiro atoms. The van der Waals surface area contributed by atoms with E-state index in [4.69, 9.17) is 0 Å². The molecule has 0 heterocycles. The number of benzene rings is 2. The van der Waals surface area contributed by atoms with Crippen molar-refractivity contribution in [3.63, 3.8) is 0 Å². The lowest BCUT2D eigenvalue weighted by atomic mass is 10.2. The summed E-state index contributed by atoms with van der Waals surface area (Å²) in [6, 6.07) is 13.0. The van der Waals surface area contributed by atoms with Crippen LogP contribution in [0, 0.1) is 5.82 Å². The average Bonchev–Trinajstić information content (AvgIpc) is 2.43. The molecule has 21 heavy (non-hydrogen) atoms. The normalized spacial score (nSPS) is 11.1. The van der Waals surface area contributed by atoms with E-state index in [2.05, 4.69) is 10.0 Å². The van der Waals surface area contributed by atoms with Gasteiger partial charge in [0.1, 0.15) is 5.82 Å². The van der Waals surface area contributed by atoms with Gasteiger partial charge in [0.2, 0.25) is 10.0 Å². The van der Waals surface area contributed by atoms with Gasteiger partial charge in [0.25, 0.3) is 0 Å². The Balaban J connectivity index is 2.08. The van der Waals surface area contributed by atoms with E-state index in [0.717, 1.165) is 0 Å². The predicted molar refractivity (Wildman–Crippen MR) is 83.8 cm³/mol. The molecule has 2 N–H and O–H groups in total. The highest BCUT2D eigenvalue weighted by molar-refractivity contribution is 7.92. The fourth-order valence-corrected chi connectivity index (χ4v) is 2.97. The third kappa shape index (κ3) is 4.46. The van der Waals surface area contributed by atoms with E-state index >= 15 is 0 Å². The van der Waals surface area contributed by atoms with Crippen molar-refractivity contribution in [3.8, 4) is 0 Å². The molecule has 2 aromatic carbocycles. The van der Waals surface area contributed by atoms with Gasteiger partial charge in [-0.3, -0.25) is 4.72 Å². The molecule has 2 aromatic rings. The van der Waals surface area contributed by atoms with Crippen LogP contribution in [0.5, 0.6) is 0 Å². The second kappa shape index (κ2) is 6.58. The lowest BCUT2D eigenvalue weighted by Gasteiger charge is -2.10. The van der Waals surface area contributed by atoms with E-state index in [1.165, 1.54) is 6.07 Å². The summed E-state index contributed by atoms with van der Waals surface area (Å²) >= 11 is 0. The smallest absolute Gasteiger partial charge is 0.232 e. The highest BCUT2D eigenvalue weighted by atomic mass is 32.2. The SMILES string of the molecule is CCCS(=O)(=O)Nc1ccc(Nc2ccccc2F)cc1. The van der Waals surface area contributed by atoms with Crippen LogP contribution < -0.4 is 10.0 Å². The zero-order chi connectivity index (χ0) is 15.3. The van der Waals surface area contributed by atoms with Crippen molar-refractivity contribution >= 4 is 27.1 Å². The Morgan fingerprint density at radius 1 is 1.00 bits per heavy atom. The lowest BCUT2D eigenvalue weighted by Crippen LogP contribution is -2.15. The van der Waals surface area contributed by atoms with E-state index in [0.29, 0.717) is 23.5 Å². The third-order valence-corrected chi connectivity index (χ3v) is 4.28. The second-order valence-electron chi connectivity index (χ2n) is 4.60. The summed E-state index contributed by atoms with van der Waals surface area (Å²) in [6.45, 7) is 1.81. The maximum absolute atomic E-state index is 13.5. The number of halogens is 1. The fourth-order valence-electron chi connectivity index (χ4n) is 1.84. The van der Waals surface area contributed by atoms with Crippen LogP contribution in [0.4, 0.5) is 21.5 Å². The first-order valence-corrected chi connectivity index (χ1v) is 8.27. The molecule has 112 valence electrons. The molecule has 0 saturated heterocycles. The maximum atomic E-state index is 13.5. The van der Waals surface area contributed by atoms with Crippen molar-refractivity contribution in [3.05, 3.63) is 54.3 Å². The first-order chi connectivity index (χ1) is 10.00. The van der Waals surface area contributed by atoms with Gasteiger partial charge in [-0.25, -0.2) is 12.8 Å². The zero-order valence-electron chi connectivity index (χ0n) is 11.6. The van der Waals surface area contributed by atoms with E-state index in [-0.39, 0.29) is 11.6 Å². The van der Waals surface area contributed by atoms with Crippen molar-refractivity contribution in [2.75, 3.05) is 15.8 Å². The van der Waals surface area contributed by atoms with Crippen LogP contribution in [0.25, 0.3) is 0 Å². The Labute approximate surface area is 124 Å². The number of rotatable bonds is 6. The van der Waals surface area contributed by atoms with Crippen LogP contribution >= 0.6 is 0 Å². The quantitative estimate of drug-likeness (QED) is 0.855. The molecule has 2 rings (SSSR count). The third-order valence-electron chi connectivity index (χ3n) is 2.78. The Morgan fingerprint density at radius 3 is 2.24 bits per heavy atom. The number of nitrogens with one attached hydrogen (secondary N) is 2. The molecule has 0 radical (unpaired) electrons. The molecule has 0 unspecified atom stereocenters. The molecule has 6 heteroatoms. The number of para-hydroxylation sites is 1. The molecule has 0 aliphatic rings. The molecule has 0 aromatic heterocycles. The Hall–Kier alpha value is -2.08. The number of anilines is 3. The monoisotopic (exact) mass is 308 g/mol. The van der Waals surface area contributed by atoms with Crippen molar-refractivity contribution in [2.24, 2.45) is 0 Å². The summed E-state index contributed by atoms with van der Waals surface area (Å²) in [4.78, 5) is 0. The molecular weight excluding hydrogens is 291 g/mol. The van der Waals surface area contributed by atoms with Gasteiger partial charge in [-0.2, -0.15) is 0 Å². The van der Waals surface area contributed by atoms with Crippen LogP contribution in [0.15, 0.2) is 48.5 Å². The highest BCUT2D eigenvalue weighted by Crippen LogP contribution is 2.21. The summed E-state index contributed by atoms with van der Waals surface area (Å²) in [5.41, 5.74) is 1.54. The first-order valence-electron chi connectivity index (χ1n) is 6.62. The molecule has 4 nitrogen and oxygen atoms in total. The van der Waals surface area contributed by atoms with Crippen molar-refractivity contribution in [2.45, 2.75) is 13.3 Å². The standard InChI is InChI=1S/C15H17FN2O2S/c1-2-11-21(19,20)18-13-9-7-12(8-10-13)17-15-6-4-3-5-14(15)16/h3-10,17-18H,2,11H2,1H3. The minimum Gasteiger partial charge on any atom is -0.353 e. The maximum Gasteiger partial charge on any atom is 0.232 e. The number of sulfonamides is 1. The van der Waals surface area contributed by atoms with Gasteiger partial charge in [-0.05, 0) is 42.8 Å². The summed E-state index contributed by atoms with van der Waals surface area (Å²) in [5, 5.41) is 2.94. The van der Waals surface area contributed by atoms with Gasteiger partial charge < -0.3 is 5.32 Å². The highest BCUT2D eigenvalue weighted by Gasteiger charge is 2.08. The minimum absolute atomic E-state index is 0.0855. The first kappa shape index (κ1) is 15.3. The van der Waals surface area contributed by atoms with Gasteiger partial charge in [-0.15, -0.1) is 0 Å². The van der Waals surface area contributed by atoms with Crippen LogP contribution in [0.1, 0.15) is 13.3 Å². The van der Waals surface area contributed by atoms with Gasteiger partial charge in [0.15, 0.2) is 0 Å². The molecule has 0 atom stereocenters. The minimum atomic E-state index is -3.29. The molecule has 0 aliphatic heterocycles. The van der Waals surface area contributed by atoms with Crippen LogP contribution in [-0.2, 0) is 10.0 Å². The van der Waals surface area contributed by atoms with Crippen LogP contribution in [0.3, 0.4) is 0 Å². The molecule has 0 saturated carbocycles. The van der Waals surface area contributed by atoms with Crippen LogP contribution in [0.2, 0.25) is 0 Å². The van der Waals surface area contributed by atoms with E-state index in [1.807, 2.05) is 0 Å². The largest absolute Gasteiger partial charge is 0.353 e. The molecule has 0 bridgehead atoms. The zero-order valence-corrected chi connectivity index (χ0v) is 12.5. The Morgan fingerprint density at radius 2 is 1.62 bits per heavy atom. The molecule has 0 aliphatic carbocycles. The topological polar surface area (TPSA) is 58.2 Å². The Kier molecular flexibility index (Phi) is 4.80. The molecular formula is C15H17FN2O2S. The van der Waals surface area contributed by atoms with E-state index in [9.17, 15) is 12.8 Å². The summed E-state index contributed by atoms with van der Waals surface area (Å²) in [7, 11) is -3.29. The van der Waals surface area contributed by atoms with Gasteiger partial charge in [-0.1, -0.05) is 19.1 Å². The van der Waals surface area contributed by atoms with E-state index in [1.54, 1.807) is 49.4 Å². The lowest BCUT2D eigenvalue weighted by molar-refractivity contribution is 0.600. The summed E-state index contributed by atoms with van der Waals surface area (Å²) in [5.74, 6) is -0.257. The second-order valence-corrected chi connectivity index (χ2v) is 6.44. The predicted octanol–water partition coefficient (Wildman–Crippen LogP) is 3.72. The number of hydrogen-bond acceptors (Lipinski definition) is 3. The molecule has 0 amide bonds. The van der Waals surface area contributed by atoms with Crippen molar-refractivity contribution in [1.82, 2.24) is 0 Å². The Bertz CT molecular complexity index is 700. The summed E-state index contributed by atoms with van der Waals surface area (Å²) in [6.07, 6.45) is 0.558. The van der Waals surface area contributed by atoms with Crippen molar-refractivity contribution < 1.29 is 12.8 Å².